The van der Waals surface area contributed by atoms with Crippen LogP contribution in [0.1, 0.15) is 104 Å². The number of likely N-dealkylation sites (tertiary alicyclic amines) is 2. The molecule has 4 heterocycles. The molecule has 408 valence electrons. The Balaban J connectivity index is 1.03. The second-order valence-corrected chi connectivity index (χ2v) is 21.8. The molecule has 0 radical (unpaired) electrons. The van der Waals surface area contributed by atoms with Gasteiger partial charge >= 0.3 is 0 Å². The van der Waals surface area contributed by atoms with Gasteiger partial charge in [-0.3, -0.25) is 28.8 Å². The number of hydrogen-bond donors (Lipinski definition) is 3. The molecular formula is C61H81N7O8. The molecule has 1 unspecified atom stereocenters. The van der Waals surface area contributed by atoms with Gasteiger partial charge < -0.3 is 45.0 Å². The number of fused-ring (bicyclic) bond motifs is 1. The highest BCUT2D eigenvalue weighted by Gasteiger charge is 2.44. The van der Waals surface area contributed by atoms with Crippen LogP contribution in [0.5, 0.6) is 0 Å². The predicted molar refractivity (Wildman–Crippen MR) is 294 cm³/mol. The largest absolute Gasteiger partial charge is 0.381 e. The van der Waals surface area contributed by atoms with Crippen molar-refractivity contribution in [2.45, 2.75) is 116 Å². The van der Waals surface area contributed by atoms with E-state index in [2.05, 4.69) is 54.1 Å². The van der Waals surface area contributed by atoms with Crippen LogP contribution in [0.4, 0.5) is 0 Å². The van der Waals surface area contributed by atoms with E-state index < -0.39 is 18.1 Å². The maximum atomic E-state index is 15.0. The van der Waals surface area contributed by atoms with Crippen LogP contribution in [0.15, 0.2) is 97.1 Å². The van der Waals surface area contributed by atoms with Crippen molar-refractivity contribution in [2.24, 2.45) is 23.7 Å². The average Bonchev–Trinajstić information content (AvgIpc) is 4.04. The zero-order valence-electron chi connectivity index (χ0n) is 45.4. The highest BCUT2D eigenvalue weighted by atomic mass is 16.5. The average molecular weight is 1040 g/mol. The Morgan fingerprint density at radius 2 is 1.01 bits per heavy atom. The fourth-order valence-electron chi connectivity index (χ4n) is 11.7. The molecule has 0 bridgehead atoms. The molecule has 76 heavy (non-hydrogen) atoms. The molecule has 4 saturated heterocycles. The molecule has 0 aromatic heterocycles. The maximum Gasteiger partial charge on any atom is 0.253 e. The van der Waals surface area contributed by atoms with Gasteiger partial charge in [0.05, 0.1) is 18.1 Å². The lowest BCUT2D eigenvalue weighted by molar-refractivity contribution is -0.140. The van der Waals surface area contributed by atoms with Crippen molar-refractivity contribution in [1.82, 2.24) is 35.6 Å². The van der Waals surface area contributed by atoms with Crippen LogP contribution < -0.4 is 16.0 Å². The second kappa shape index (κ2) is 26.7. The van der Waals surface area contributed by atoms with Crippen molar-refractivity contribution in [2.75, 3.05) is 72.7 Å². The fourth-order valence-corrected chi connectivity index (χ4v) is 11.7. The summed E-state index contributed by atoms with van der Waals surface area (Å²) in [6.45, 7) is 12.7. The zero-order valence-corrected chi connectivity index (χ0v) is 45.4. The van der Waals surface area contributed by atoms with Crippen molar-refractivity contribution in [3.05, 3.63) is 119 Å². The Morgan fingerprint density at radius 3 is 1.42 bits per heavy atom. The van der Waals surface area contributed by atoms with E-state index in [9.17, 15) is 28.8 Å². The number of hydrogen-bond acceptors (Lipinski definition) is 9. The van der Waals surface area contributed by atoms with Gasteiger partial charge in [0.2, 0.25) is 23.6 Å². The van der Waals surface area contributed by atoms with Gasteiger partial charge in [-0.05, 0) is 135 Å². The number of benzene rings is 4. The summed E-state index contributed by atoms with van der Waals surface area (Å²) in [5, 5.41) is 10.8. The smallest absolute Gasteiger partial charge is 0.253 e. The molecule has 7 atom stereocenters. The first-order valence-corrected chi connectivity index (χ1v) is 28.1. The van der Waals surface area contributed by atoms with Gasteiger partial charge in [0, 0.05) is 83.2 Å². The second-order valence-electron chi connectivity index (χ2n) is 21.8. The number of ether oxygens (including phenoxy) is 2. The first-order chi connectivity index (χ1) is 36.8. The first-order valence-electron chi connectivity index (χ1n) is 28.1. The highest BCUT2D eigenvalue weighted by Crippen LogP contribution is 2.32. The number of amides is 6. The number of nitrogens with zero attached hydrogens (tertiary/aromatic N) is 4. The van der Waals surface area contributed by atoms with E-state index >= 15 is 0 Å². The van der Waals surface area contributed by atoms with Gasteiger partial charge in [-0.25, -0.2) is 0 Å². The zero-order chi connectivity index (χ0) is 53.7. The molecule has 4 aromatic carbocycles. The predicted octanol–water partition coefficient (Wildman–Crippen LogP) is 6.52. The van der Waals surface area contributed by atoms with Crippen LogP contribution in [0.2, 0.25) is 0 Å². The maximum absolute atomic E-state index is 15.0. The Labute approximate surface area is 449 Å². The third-order valence-corrected chi connectivity index (χ3v) is 16.8. The molecule has 0 saturated carbocycles. The summed E-state index contributed by atoms with van der Waals surface area (Å²) in [4.78, 5) is 93.0. The molecular weight excluding hydrogens is 959 g/mol. The Morgan fingerprint density at radius 1 is 0.592 bits per heavy atom. The number of carbonyl (C=O) groups is 6. The summed E-state index contributed by atoms with van der Waals surface area (Å²) in [5.74, 6) is -0.711. The molecule has 4 aliphatic heterocycles. The van der Waals surface area contributed by atoms with Gasteiger partial charge in [-0.2, -0.15) is 0 Å². The minimum atomic E-state index is -0.701. The van der Waals surface area contributed by atoms with E-state index in [4.69, 9.17) is 9.47 Å². The minimum Gasteiger partial charge on any atom is -0.381 e. The molecule has 15 nitrogen and oxygen atoms in total. The van der Waals surface area contributed by atoms with Gasteiger partial charge in [-0.15, -0.1) is 0 Å². The third kappa shape index (κ3) is 13.9. The van der Waals surface area contributed by atoms with Crippen LogP contribution in [-0.2, 0) is 41.5 Å². The lowest BCUT2D eigenvalue weighted by Crippen LogP contribution is -2.58. The van der Waals surface area contributed by atoms with Gasteiger partial charge in [0.1, 0.15) is 12.1 Å². The number of rotatable bonds is 21. The quantitative estimate of drug-likeness (QED) is 0.0841. The van der Waals surface area contributed by atoms with Crippen LogP contribution in [-0.4, -0.2) is 158 Å². The van der Waals surface area contributed by atoms with Crippen molar-refractivity contribution >= 4 is 46.2 Å². The highest BCUT2D eigenvalue weighted by molar-refractivity contribution is 6.02. The van der Waals surface area contributed by atoms with E-state index in [0.29, 0.717) is 115 Å². The summed E-state index contributed by atoms with van der Waals surface area (Å²) >= 11 is 0. The Hall–Kier alpha value is -6.16. The molecule has 0 spiro atoms. The van der Waals surface area contributed by atoms with E-state index in [1.54, 1.807) is 20.9 Å². The molecule has 3 N–H and O–H groups in total. The van der Waals surface area contributed by atoms with Crippen LogP contribution >= 0.6 is 0 Å². The van der Waals surface area contributed by atoms with Gasteiger partial charge in [0.15, 0.2) is 0 Å². The summed E-state index contributed by atoms with van der Waals surface area (Å²) in [6, 6.07) is 29.1. The fraction of sp³-hybridized carbons (Fsp3) is 0.541. The van der Waals surface area contributed by atoms with Crippen molar-refractivity contribution in [3.8, 4) is 0 Å². The van der Waals surface area contributed by atoms with Gasteiger partial charge in [0.25, 0.3) is 11.8 Å². The summed E-state index contributed by atoms with van der Waals surface area (Å²) in [6.07, 6.45) is 5.85. The number of likely N-dealkylation sites (N-methyl/N-ethyl adjacent to an activating group) is 1. The van der Waals surface area contributed by atoms with Crippen LogP contribution in [0, 0.1) is 23.7 Å². The minimum absolute atomic E-state index is 0.0265. The monoisotopic (exact) mass is 1040 g/mol. The van der Waals surface area contributed by atoms with Crippen LogP contribution in [0.25, 0.3) is 10.8 Å². The SMILES string of the molecule is CCC(=O)N[C@H](C(=O)N1CCC(C)[C@H]1CN(CCc1ccccc1)C(=O)c1ccc2cc(C(=O)N(CCc3ccccc3)C[C@@H]3[C@@H](C)CCN3C(=O)[C@@H](NC(=O)[C@H](C)NC)C3CCOCC3)ccc2c1)C1CCOCC1. The van der Waals surface area contributed by atoms with E-state index in [1.807, 2.05) is 92.4 Å². The van der Waals surface area contributed by atoms with Crippen molar-refractivity contribution < 1.29 is 38.2 Å². The third-order valence-electron chi connectivity index (χ3n) is 16.8. The molecule has 15 heteroatoms. The molecule has 4 fully saturated rings. The molecule has 8 rings (SSSR count). The standard InChI is InChI=1S/C61H81N7O8/c1-6-54(69)63-55(46-25-33-75-34-26-46)60(73)67-31-21-41(2)52(67)39-65(29-23-44-13-9-7-10-14-44)58(71)50-19-17-49-38-51(20-18-48(49)37-50)59(72)66(30-24-45-15-11-8-12-16-45)40-53-42(3)22-32-68(53)61(74)56(47-27-35-76-36-28-47)64-57(70)43(4)62-5/h7-20,37-38,41-43,46-47,52-53,55-56,62H,6,21-36,39-40H2,1-5H3,(H,63,69)(H,64,70)/t41?,42-,43-,52+,53+,55-,56-/m0/s1. The van der Waals surface area contributed by atoms with Crippen LogP contribution in [0.3, 0.4) is 0 Å². The molecule has 6 amide bonds. The van der Waals surface area contributed by atoms with Crippen molar-refractivity contribution in [1.29, 1.82) is 0 Å². The molecule has 4 aromatic rings. The lowest BCUT2D eigenvalue weighted by atomic mass is 9.90. The Kier molecular flexibility index (Phi) is 19.7. The normalized spacial score (nSPS) is 21.4. The Bertz CT molecular complexity index is 2610. The summed E-state index contributed by atoms with van der Waals surface area (Å²) in [7, 11) is 1.73. The topological polar surface area (TPSA) is 170 Å². The van der Waals surface area contributed by atoms with E-state index in [-0.39, 0.29) is 77.6 Å². The lowest BCUT2D eigenvalue weighted by Gasteiger charge is -2.37. The van der Waals surface area contributed by atoms with Crippen molar-refractivity contribution in [3.63, 3.8) is 0 Å². The summed E-state index contributed by atoms with van der Waals surface area (Å²) in [5.41, 5.74) is 3.23. The first kappa shape index (κ1) is 56.1. The molecule has 4 aliphatic rings. The number of carbonyl (C=O) groups excluding carboxylic acids is 6. The van der Waals surface area contributed by atoms with Gasteiger partial charge in [-0.1, -0.05) is 93.6 Å². The van der Waals surface area contributed by atoms with E-state index in [0.717, 1.165) is 34.7 Å². The number of nitrogens with one attached hydrogen (secondary N) is 3. The molecule has 0 aliphatic carbocycles. The summed E-state index contributed by atoms with van der Waals surface area (Å²) < 4.78 is 11.3. The van der Waals surface area contributed by atoms with E-state index in [1.165, 1.54) is 0 Å².